The molecule has 0 aromatic heterocycles. The fraction of sp³-hybridized carbons (Fsp3) is 0.462. The Morgan fingerprint density at radius 3 is 2.33 bits per heavy atom. The Labute approximate surface area is 123 Å². The number of carbonyl (C=O) groups is 1. The van der Waals surface area contributed by atoms with Gasteiger partial charge in [0, 0.05) is 26.2 Å². The first-order chi connectivity index (χ1) is 10.1. The van der Waals surface area contributed by atoms with E-state index in [-0.39, 0.29) is 44.3 Å². The van der Waals surface area contributed by atoms with Gasteiger partial charge in [-0.1, -0.05) is 18.2 Å². The van der Waals surface area contributed by atoms with Crippen LogP contribution in [0.3, 0.4) is 0 Å². The van der Waals surface area contributed by atoms with Crippen LogP contribution in [-0.2, 0) is 14.8 Å². The summed E-state index contributed by atoms with van der Waals surface area (Å²) in [6, 6.07) is 8.22. The van der Waals surface area contributed by atoms with E-state index < -0.39 is 16.1 Å². The van der Waals surface area contributed by atoms with Gasteiger partial charge < -0.3 is 14.7 Å². The third-order valence-electron chi connectivity index (χ3n) is 3.19. The molecule has 1 amide bonds. The van der Waals surface area contributed by atoms with E-state index in [2.05, 4.69) is 0 Å². The summed E-state index contributed by atoms with van der Waals surface area (Å²) in [6.45, 7) is 0.721. The van der Waals surface area contributed by atoms with Crippen LogP contribution in [0.25, 0.3) is 0 Å². The summed E-state index contributed by atoms with van der Waals surface area (Å²) >= 11 is 0. The molecule has 0 atom stereocenters. The van der Waals surface area contributed by atoms with Crippen molar-refractivity contribution in [3.8, 4) is 0 Å². The number of carbonyl (C=O) groups excluding carboxylic acids is 1. The molecule has 116 valence electrons. The standard InChI is InChI=1S/C13H18N2O5S/c16-10-11-20-13(17)14-6-8-15(9-7-14)21(18,19)12-4-2-1-3-5-12/h1-5,16H,6-11H2. The number of benzene rings is 1. The van der Waals surface area contributed by atoms with Gasteiger partial charge in [-0.15, -0.1) is 0 Å². The molecule has 1 fully saturated rings. The van der Waals surface area contributed by atoms with E-state index >= 15 is 0 Å². The number of hydrogen-bond acceptors (Lipinski definition) is 5. The van der Waals surface area contributed by atoms with E-state index in [1.165, 1.54) is 9.21 Å². The largest absolute Gasteiger partial charge is 0.447 e. The zero-order valence-electron chi connectivity index (χ0n) is 11.5. The van der Waals surface area contributed by atoms with Gasteiger partial charge in [0.1, 0.15) is 6.61 Å². The Morgan fingerprint density at radius 2 is 1.76 bits per heavy atom. The van der Waals surface area contributed by atoms with E-state index in [0.29, 0.717) is 0 Å². The molecule has 1 N–H and O–H groups in total. The van der Waals surface area contributed by atoms with Gasteiger partial charge in [-0.05, 0) is 12.1 Å². The molecular weight excluding hydrogens is 296 g/mol. The number of aliphatic hydroxyl groups is 1. The van der Waals surface area contributed by atoms with Gasteiger partial charge in [0.2, 0.25) is 10.0 Å². The quantitative estimate of drug-likeness (QED) is 0.853. The van der Waals surface area contributed by atoms with Crippen molar-refractivity contribution in [1.29, 1.82) is 0 Å². The number of aliphatic hydroxyl groups excluding tert-OH is 1. The summed E-state index contributed by atoms with van der Waals surface area (Å²) in [7, 11) is -3.51. The fourth-order valence-electron chi connectivity index (χ4n) is 2.08. The molecule has 0 radical (unpaired) electrons. The molecule has 21 heavy (non-hydrogen) atoms. The Morgan fingerprint density at radius 1 is 1.14 bits per heavy atom. The second-order valence-electron chi connectivity index (χ2n) is 4.54. The normalized spacial score (nSPS) is 16.7. The van der Waals surface area contributed by atoms with Crippen molar-refractivity contribution >= 4 is 16.1 Å². The zero-order valence-corrected chi connectivity index (χ0v) is 12.3. The highest BCUT2D eigenvalue weighted by Crippen LogP contribution is 2.17. The summed E-state index contributed by atoms with van der Waals surface area (Å²) in [5.74, 6) is 0. The van der Waals surface area contributed by atoms with Gasteiger partial charge in [-0.2, -0.15) is 4.31 Å². The van der Waals surface area contributed by atoms with Crippen molar-refractivity contribution in [1.82, 2.24) is 9.21 Å². The predicted octanol–water partition coefficient (Wildman–Crippen LogP) is 0.122. The molecule has 0 unspecified atom stereocenters. The number of ether oxygens (including phenoxy) is 1. The van der Waals surface area contributed by atoms with Gasteiger partial charge in [-0.3, -0.25) is 0 Å². The first-order valence-corrected chi connectivity index (χ1v) is 8.07. The lowest BCUT2D eigenvalue weighted by Gasteiger charge is -2.33. The van der Waals surface area contributed by atoms with E-state index in [1.54, 1.807) is 30.3 Å². The predicted molar refractivity (Wildman–Crippen MR) is 75.2 cm³/mol. The Balaban J connectivity index is 1.96. The molecule has 0 spiro atoms. The third-order valence-corrected chi connectivity index (χ3v) is 5.11. The maximum absolute atomic E-state index is 12.4. The Kier molecular flexibility index (Phi) is 5.16. The highest BCUT2D eigenvalue weighted by Gasteiger charge is 2.30. The number of sulfonamides is 1. The van der Waals surface area contributed by atoms with Crippen LogP contribution in [0.4, 0.5) is 4.79 Å². The molecule has 1 aromatic rings. The second-order valence-corrected chi connectivity index (χ2v) is 6.48. The van der Waals surface area contributed by atoms with E-state index in [0.717, 1.165) is 0 Å². The topological polar surface area (TPSA) is 87.2 Å². The van der Waals surface area contributed by atoms with Gasteiger partial charge in [-0.25, -0.2) is 13.2 Å². The maximum atomic E-state index is 12.4. The lowest BCUT2D eigenvalue weighted by Crippen LogP contribution is -2.50. The number of amides is 1. The minimum atomic E-state index is -3.51. The Bertz CT molecular complexity index is 567. The van der Waals surface area contributed by atoms with Crippen LogP contribution in [0.15, 0.2) is 35.2 Å². The zero-order chi connectivity index (χ0) is 15.3. The third kappa shape index (κ3) is 3.72. The molecule has 0 saturated carbocycles. The van der Waals surface area contributed by atoms with Crippen LogP contribution in [-0.4, -0.2) is 68.2 Å². The molecule has 2 rings (SSSR count). The minimum absolute atomic E-state index is 0.0542. The van der Waals surface area contributed by atoms with Crippen molar-refractivity contribution in [2.45, 2.75) is 4.90 Å². The average molecular weight is 314 g/mol. The molecule has 1 aromatic carbocycles. The van der Waals surface area contributed by atoms with E-state index in [9.17, 15) is 13.2 Å². The van der Waals surface area contributed by atoms with Crippen LogP contribution in [0.2, 0.25) is 0 Å². The maximum Gasteiger partial charge on any atom is 0.409 e. The monoisotopic (exact) mass is 314 g/mol. The number of hydrogen-bond donors (Lipinski definition) is 1. The van der Waals surface area contributed by atoms with Crippen LogP contribution in [0.5, 0.6) is 0 Å². The van der Waals surface area contributed by atoms with E-state index in [1.807, 2.05) is 0 Å². The summed E-state index contributed by atoms with van der Waals surface area (Å²) in [4.78, 5) is 13.3. The SMILES string of the molecule is O=C(OCCO)N1CCN(S(=O)(=O)c2ccccc2)CC1. The lowest BCUT2D eigenvalue weighted by molar-refractivity contribution is 0.0742. The average Bonchev–Trinajstić information content (AvgIpc) is 2.53. The summed E-state index contributed by atoms with van der Waals surface area (Å²) in [5, 5.41) is 8.61. The molecule has 8 heteroatoms. The number of nitrogens with zero attached hydrogens (tertiary/aromatic N) is 2. The van der Waals surface area contributed by atoms with Crippen LogP contribution < -0.4 is 0 Å². The Hall–Kier alpha value is -1.64. The van der Waals surface area contributed by atoms with Gasteiger partial charge >= 0.3 is 6.09 Å². The van der Waals surface area contributed by atoms with Crippen molar-refractivity contribution < 1.29 is 23.1 Å². The van der Waals surface area contributed by atoms with Gasteiger partial charge in [0.25, 0.3) is 0 Å². The lowest BCUT2D eigenvalue weighted by atomic mass is 10.4. The molecular formula is C13H18N2O5S. The number of piperazine rings is 1. The smallest absolute Gasteiger partial charge is 0.409 e. The summed E-state index contributed by atoms with van der Waals surface area (Å²) in [6.07, 6.45) is -0.527. The molecule has 1 aliphatic rings. The highest BCUT2D eigenvalue weighted by atomic mass is 32.2. The van der Waals surface area contributed by atoms with Gasteiger partial charge in [0.05, 0.1) is 11.5 Å². The van der Waals surface area contributed by atoms with Crippen molar-refractivity contribution in [3.05, 3.63) is 30.3 Å². The van der Waals surface area contributed by atoms with Crippen molar-refractivity contribution in [2.24, 2.45) is 0 Å². The first kappa shape index (κ1) is 15.7. The highest BCUT2D eigenvalue weighted by molar-refractivity contribution is 7.89. The minimum Gasteiger partial charge on any atom is -0.447 e. The molecule has 1 saturated heterocycles. The molecule has 1 heterocycles. The van der Waals surface area contributed by atoms with Gasteiger partial charge in [0.15, 0.2) is 0 Å². The first-order valence-electron chi connectivity index (χ1n) is 6.63. The molecule has 1 aliphatic heterocycles. The fourth-order valence-corrected chi connectivity index (χ4v) is 3.52. The molecule has 0 bridgehead atoms. The van der Waals surface area contributed by atoms with E-state index in [4.69, 9.17) is 9.84 Å². The van der Waals surface area contributed by atoms with Crippen molar-refractivity contribution in [2.75, 3.05) is 39.4 Å². The van der Waals surface area contributed by atoms with Crippen LogP contribution >= 0.6 is 0 Å². The van der Waals surface area contributed by atoms with Crippen molar-refractivity contribution in [3.63, 3.8) is 0 Å². The number of rotatable bonds is 4. The van der Waals surface area contributed by atoms with Crippen LogP contribution in [0, 0.1) is 0 Å². The summed E-state index contributed by atoms with van der Waals surface area (Å²) in [5.41, 5.74) is 0. The molecule has 7 nitrogen and oxygen atoms in total. The molecule has 0 aliphatic carbocycles. The van der Waals surface area contributed by atoms with Crippen LogP contribution in [0.1, 0.15) is 0 Å². The summed E-state index contributed by atoms with van der Waals surface area (Å²) < 4.78 is 31.0. The second kappa shape index (κ2) is 6.88.